The predicted molar refractivity (Wildman–Crippen MR) is 130 cm³/mol. The number of halogens is 1. The number of hydrogen-bond acceptors (Lipinski definition) is 6. The fraction of sp³-hybridized carbons (Fsp3) is 0.458. The van der Waals surface area contributed by atoms with Crippen molar-refractivity contribution in [3.63, 3.8) is 0 Å². The van der Waals surface area contributed by atoms with Gasteiger partial charge in [-0.05, 0) is 48.2 Å². The van der Waals surface area contributed by atoms with Crippen molar-refractivity contribution in [3.8, 4) is 0 Å². The second-order valence-electron chi connectivity index (χ2n) is 8.56. The number of nitrogens with zero attached hydrogens (tertiary/aromatic N) is 5. The molecule has 2 fully saturated rings. The lowest BCUT2D eigenvalue weighted by Crippen LogP contribution is -2.54. The predicted octanol–water partition coefficient (Wildman–Crippen LogP) is 3.32. The van der Waals surface area contributed by atoms with Crippen LogP contribution in [0.4, 0.5) is 10.6 Å². The number of likely N-dealkylation sites (tertiary alicyclic amines) is 1. The molecule has 176 valence electrons. The topological polar surface area (TPSA) is 87.3 Å². The van der Waals surface area contributed by atoms with E-state index in [1.54, 1.807) is 13.3 Å². The summed E-state index contributed by atoms with van der Waals surface area (Å²) in [6, 6.07) is 11.7. The van der Waals surface area contributed by atoms with Crippen LogP contribution in [0.15, 0.2) is 47.8 Å². The molecule has 2 N–H and O–H groups in total. The highest BCUT2D eigenvalue weighted by molar-refractivity contribution is 6.30. The number of urea groups is 1. The Kier molecular flexibility index (Phi) is 7.67. The van der Waals surface area contributed by atoms with E-state index in [0.29, 0.717) is 10.8 Å². The minimum absolute atomic E-state index is 0.137. The van der Waals surface area contributed by atoms with Crippen LogP contribution >= 0.6 is 11.6 Å². The molecule has 0 saturated carbocycles. The Morgan fingerprint density at radius 3 is 2.39 bits per heavy atom. The number of carbonyl (C=O) groups excluding carboxylic acids is 1. The van der Waals surface area contributed by atoms with Gasteiger partial charge in [0.1, 0.15) is 12.9 Å². The Hall–Kier alpha value is -2.84. The summed E-state index contributed by atoms with van der Waals surface area (Å²) in [5, 5.41) is 4.99. The van der Waals surface area contributed by atoms with Crippen molar-refractivity contribution in [1.82, 2.24) is 19.7 Å². The molecule has 8 nitrogen and oxygen atoms in total. The third kappa shape index (κ3) is 5.94. The number of oxime groups is 1. The molecule has 0 radical (unpaired) electrons. The van der Waals surface area contributed by atoms with Crippen molar-refractivity contribution in [2.24, 2.45) is 11.1 Å². The lowest BCUT2D eigenvalue weighted by Gasteiger charge is -2.40. The number of carbonyl (C=O) groups is 1. The maximum atomic E-state index is 13.1. The van der Waals surface area contributed by atoms with Gasteiger partial charge in [0.05, 0.1) is 5.71 Å². The first-order valence-corrected chi connectivity index (χ1v) is 11.7. The van der Waals surface area contributed by atoms with E-state index in [1.165, 1.54) is 0 Å². The lowest BCUT2D eigenvalue weighted by atomic mass is 9.88. The molecular weight excluding hydrogens is 440 g/mol. The molecule has 2 aliphatic rings. The zero-order valence-corrected chi connectivity index (χ0v) is 19.7. The monoisotopic (exact) mass is 470 g/mol. The van der Waals surface area contributed by atoms with Crippen LogP contribution in [0.25, 0.3) is 0 Å². The van der Waals surface area contributed by atoms with Crippen LogP contribution in [-0.4, -0.2) is 77.8 Å². The summed E-state index contributed by atoms with van der Waals surface area (Å²) < 4.78 is 0. The molecule has 33 heavy (non-hydrogen) atoms. The van der Waals surface area contributed by atoms with Gasteiger partial charge in [-0.2, -0.15) is 0 Å². The quantitative estimate of drug-likeness (QED) is 0.535. The second kappa shape index (κ2) is 10.9. The van der Waals surface area contributed by atoms with Crippen molar-refractivity contribution in [2.75, 3.05) is 52.1 Å². The van der Waals surface area contributed by atoms with Crippen LogP contribution in [-0.2, 0) is 11.4 Å². The number of pyridine rings is 1. The molecule has 2 aliphatic heterocycles. The van der Waals surface area contributed by atoms with Crippen LogP contribution in [0.1, 0.15) is 24.0 Å². The summed E-state index contributed by atoms with van der Waals surface area (Å²) >= 11 is 6.03. The normalized spacial score (nSPS) is 18.4. The van der Waals surface area contributed by atoms with Gasteiger partial charge < -0.3 is 20.4 Å². The molecule has 0 unspecified atom stereocenters. The minimum atomic E-state index is 0.137. The Morgan fingerprint density at radius 2 is 1.76 bits per heavy atom. The van der Waals surface area contributed by atoms with Crippen molar-refractivity contribution < 1.29 is 9.63 Å². The van der Waals surface area contributed by atoms with E-state index in [1.807, 2.05) is 46.2 Å². The van der Waals surface area contributed by atoms with Gasteiger partial charge in [-0.25, -0.2) is 9.78 Å². The molecule has 2 amide bonds. The van der Waals surface area contributed by atoms with E-state index in [2.05, 4.69) is 15.0 Å². The van der Waals surface area contributed by atoms with Crippen molar-refractivity contribution in [3.05, 3.63) is 58.7 Å². The first-order chi connectivity index (χ1) is 16.0. The second-order valence-corrected chi connectivity index (χ2v) is 9.00. The highest BCUT2D eigenvalue weighted by atomic mass is 35.5. The number of rotatable bonds is 5. The maximum absolute atomic E-state index is 13.1. The van der Waals surface area contributed by atoms with Crippen LogP contribution < -0.4 is 5.73 Å². The van der Waals surface area contributed by atoms with E-state index >= 15 is 0 Å². The molecule has 2 aromatic rings. The van der Waals surface area contributed by atoms with E-state index in [-0.39, 0.29) is 11.9 Å². The van der Waals surface area contributed by atoms with E-state index in [4.69, 9.17) is 22.2 Å². The molecule has 9 heteroatoms. The third-order valence-corrected chi connectivity index (χ3v) is 6.63. The summed E-state index contributed by atoms with van der Waals surface area (Å²) in [6.07, 6.45) is 3.46. The number of piperidine rings is 1. The zero-order valence-electron chi connectivity index (χ0n) is 19.0. The van der Waals surface area contributed by atoms with E-state index < -0.39 is 0 Å². The van der Waals surface area contributed by atoms with Crippen LogP contribution in [0.5, 0.6) is 0 Å². The van der Waals surface area contributed by atoms with Crippen molar-refractivity contribution in [1.29, 1.82) is 0 Å². The standard InChI is InChI=1S/C24H31ClN6O2/c1-33-28-23(19-2-4-21(25)5-3-19)20-7-10-30(11-8-20)24(32)31-14-12-29(13-15-31)17-18-6-9-27-22(26)16-18/h2-6,9,16,20H,7-8,10-15,17H2,1H3,(H2,26,27). The molecule has 4 rings (SSSR count). The number of anilines is 1. The molecule has 2 saturated heterocycles. The van der Waals surface area contributed by atoms with Gasteiger partial charge in [-0.1, -0.05) is 28.9 Å². The van der Waals surface area contributed by atoms with Crippen LogP contribution in [0, 0.1) is 5.92 Å². The number of nitrogens with two attached hydrogens (primary N) is 1. The number of amides is 2. The zero-order chi connectivity index (χ0) is 23.2. The molecule has 1 aromatic heterocycles. The van der Waals surface area contributed by atoms with Gasteiger partial charge >= 0.3 is 6.03 Å². The van der Waals surface area contributed by atoms with Gasteiger partial charge in [-0.3, -0.25) is 4.90 Å². The van der Waals surface area contributed by atoms with Gasteiger partial charge in [0.25, 0.3) is 0 Å². The van der Waals surface area contributed by atoms with Gasteiger partial charge in [0.15, 0.2) is 0 Å². The number of nitrogen functional groups attached to an aromatic ring is 1. The molecule has 0 aliphatic carbocycles. The number of benzene rings is 1. The Bertz CT molecular complexity index is 967. The van der Waals surface area contributed by atoms with Gasteiger partial charge in [0, 0.05) is 63.0 Å². The summed E-state index contributed by atoms with van der Waals surface area (Å²) in [4.78, 5) is 28.6. The Balaban J connectivity index is 1.28. The lowest BCUT2D eigenvalue weighted by molar-refractivity contribution is 0.102. The highest BCUT2D eigenvalue weighted by Gasteiger charge is 2.31. The van der Waals surface area contributed by atoms with Gasteiger partial charge in [0.2, 0.25) is 0 Å². The van der Waals surface area contributed by atoms with Crippen molar-refractivity contribution >= 4 is 29.2 Å². The molecule has 0 bridgehead atoms. The Labute approximate surface area is 199 Å². The molecular formula is C24H31ClN6O2. The van der Waals surface area contributed by atoms with E-state index in [0.717, 1.165) is 75.5 Å². The molecule has 1 aromatic carbocycles. The fourth-order valence-corrected chi connectivity index (χ4v) is 4.70. The van der Waals surface area contributed by atoms with Crippen LogP contribution in [0.2, 0.25) is 5.02 Å². The number of piperazine rings is 1. The summed E-state index contributed by atoms with van der Waals surface area (Å²) in [5.74, 6) is 0.791. The first-order valence-electron chi connectivity index (χ1n) is 11.4. The van der Waals surface area contributed by atoms with E-state index in [9.17, 15) is 4.79 Å². The maximum Gasteiger partial charge on any atom is 0.320 e. The average Bonchev–Trinajstić information content (AvgIpc) is 2.83. The number of aromatic nitrogens is 1. The summed E-state index contributed by atoms with van der Waals surface area (Å²) in [5.41, 5.74) is 8.87. The number of hydrogen-bond donors (Lipinski definition) is 1. The van der Waals surface area contributed by atoms with Gasteiger partial charge in [-0.15, -0.1) is 0 Å². The first kappa shape index (κ1) is 23.3. The highest BCUT2D eigenvalue weighted by Crippen LogP contribution is 2.25. The third-order valence-electron chi connectivity index (χ3n) is 6.38. The molecule has 0 atom stereocenters. The molecule has 0 spiro atoms. The minimum Gasteiger partial charge on any atom is -0.399 e. The fourth-order valence-electron chi connectivity index (χ4n) is 4.57. The molecule has 3 heterocycles. The largest absolute Gasteiger partial charge is 0.399 e. The Morgan fingerprint density at radius 1 is 1.09 bits per heavy atom. The van der Waals surface area contributed by atoms with Crippen LogP contribution in [0.3, 0.4) is 0 Å². The average molecular weight is 471 g/mol. The summed E-state index contributed by atoms with van der Waals surface area (Å²) in [6.45, 7) is 5.44. The SMILES string of the molecule is CON=C(c1ccc(Cl)cc1)C1CCN(C(=O)N2CCN(Cc3ccnc(N)c3)CC2)CC1. The van der Waals surface area contributed by atoms with Crippen molar-refractivity contribution in [2.45, 2.75) is 19.4 Å². The smallest absolute Gasteiger partial charge is 0.320 e. The summed E-state index contributed by atoms with van der Waals surface area (Å²) in [7, 11) is 1.57.